The smallest absolute Gasteiger partial charge is 0.0677 e. The van der Waals surface area contributed by atoms with Crippen molar-refractivity contribution in [3.63, 3.8) is 0 Å². The van der Waals surface area contributed by atoms with Gasteiger partial charge >= 0.3 is 0 Å². The molecule has 9 aromatic carbocycles. The molecule has 0 radical (unpaired) electrons. The molecule has 1 aliphatic heterocycles. The van der Waals surface area contributed by atoms with Crippen molar-refractivity contribution >= 4 is 94.1 Å². The van der Waals surface area contributed by atoms with E-state index in [0.717, 1.165) is 0 Å². The molecule has 0 amide bonds. The van der Waals surface area contributed by atoms with Gasteiger partial charge in [0.1, 0.15) is 0 Å². The Morgan fingerprint density at radius 3 is 1.30 bits per heavy atom. The molecule has 0 fully saturated rings. The van der Waals surface area contributed by atoms with E-state index < -0.39 is 7.34 Å². The molecule has 12 rings (SSSR count). The summed E-state index contributed by atoms with van der Waals surface area (Å²) in [6.07, 6.45) is 0. The van der Waals surface area contributed by atoms with Crippen molar-refractivity contribution in [3.05, 3.63) is 170 Å². The van der Waals surface area contributed by atoms with Crippen LogP contribution in [-0.4, -0.2) is 9.13 Å². The monoisotopic (exact) mass is 653 g/mol. The van der Waals surface area contributed by atoms with Gasteiger partial charge in [0.2, 0.25) is 0 Å². The molecule has 3 heterocycles. The number of nitrogens with zero attached hydrogens (tertiary/aromatic N) is 3. The first-order valence-corrected chi connectivity index (χ1v) is 18.6. The minimum absolute atomic E-state index is 0.931. The highest BCUT2D eigenvalue weighted by Gasteiger charge is 2.31. The van der Waals surface area contributed by atoms with E-state index in [1.807, 2.05) is 0 Å². The Hall–Kier alpha value is -6.28. The minimum atomic E-state index is -0.931. The lowest BCUT2D eigenvalue weighted by Gasteiger charge is -2.35. The van der Waals surface area contributed by atoms with Gasteiger partial charge < -0.3 is 14.0 Å². The Kier molecular flexibility index (Phi) is 5.15. The largest absolute Gasteiger partial charge is 0.308 e. The number of fused-ring (bicyclic) bond motifs is 2. The number of hydrogen-bond acceptors (Lipinski definition) is 1. The highest BCUT2D eigenvalue weighted by atomic mass is 31.1. The third-order valence-electron chi connectivity index (χ3n) is 10.8. The summed E-state index contributed by atoms with van der Waals surface area (Å²) in [6, 6.07) is 63.0. The molecule has 0 unspecified atom stereocenters. The Morgan fingerprint density at radius 1 is 0.340 bits per heavy atom. The molecule has 0 spiro atoms. The van der Waals surface area contributed by atoms with Gasteiger partial charge in [-0.1, -0.05) is 117 Å². The first kappa shape index (κ1) is 26.6. The van der Waals surface area contributed by atoms with Gasteiger partial charge in [0, 0.05) is 48.6 Å². The second kappa shape index (κ2) is 9.66. The minimum Gasteiger partial charge on any atom is -0.308 e. The fourth-order valence-corrected chi connectivity index (χ4v) is 12.1. The van der Waals surface area contributed by atoms with E-state index in [-0.39, 0.29) is 0 Å². The van der Waals surface area contributed by atoms with E-state index in [1.165, 1.54) is 98.2 Å². The standard InChI is InChI=1S/C46H28N3P/c1-4-15-31(16-5-1)47-36-21-11-23-38-44(36)50-45-37(47)22-12-24-39(45)49(33-19-8-3-9-20-33)43-35-28-26-30-14-10-13-29-25-27-34(41(35)40(29)30)42(46(43)50)48(38)32-17-6-2-7-18-32/h1-28H. The lowest BCUT2D eigenvalue weighted by Crippen LogP contribution is -2.15. The van der Waals surface area contributed by atoms with Crippen LogP contribution in [0.4, 0.5) is 17.1 Å². The van der Waals surface area contributed by atoms with Gasteiger partial charge in [0.05, 0.1) is 33.4 Å². The van der Waals surface area contributed by atoms with Crippen LogP contribution in [-0.2, 0) is 0 Å². The van der Waals surface area contributed by atoms with Crippen LogP contribution in [0.1, 0.15) is 0 Å². The summed E-state index contributed by atoms with van der Waals surface area (Å²) in [6.45, 7) is 0. The van der Waals surface area contributed by atoms with Crippen molar-refractivity contribution in [1.29, 1.82) is 0 Å². The van der Waals surface area contributed by atoms with Crippen molar-refractivity contribution in [2.45, 2.75) is 0 Å². The molecule has 2 aromatic heterocycles. The van der Waals surface area contributed by atoms with Crippen molar-refractivity contribution in [3.8, 4) is 11.4 Å². The second-order valence-corrected chi connectivity index (χ2v) is 15.4. The summed E-state index contributed by atoms with van der Waals surface area (Å²) in [5, 5.41) is 12.1. The SMILES string of the molecule is c1ccc(N2c3cccc4c3p3c5c2cccc5n(-c2ccccc2)c2c5ccc6cccc7ccc(c5c76)c(c23)n4-c2ccccc2)cc1. The van der Waals surface area contributed by atoms with E-state index in [0.29, 0.717) is 0 Å². The van der Waals surface area contributed by atoms with E-state index in [4.69, 9.17) is 0 Å². The molecule has 0 N–H and O–H groups in total. The zero-order valence-corrected chi connectivity index (χ0v) is 27.8. The maximum Gasteiger partial charge on any atom is 0.0677 e. The topological polar surface area (TPSA) is 13.1 Å². The van der Waals surface area contributed by atoms with Gasteiger partial charge in [-0.3, -0.25) is 0 Å². The van der Waals surface area contributed by atoms with E-state index >= 15 is 0 Å². The molecule has 3 nitrogen and oxygen atoms in total. The fourth-order valence-electron chi connectivity index (χ4n) is 8.98. The van der Waals surface area contributed by atoms with E-state index in [1.54, 1.807) is 0 Å². The van der Waals surface area contributed by atoms with Crippen LogP contribution in [0.3, 0.4) is 0 Å². The third-order valence-corrected chi connectivity index (χ3v) is 13.5. The zero-order valence-electron chi connectivity index (χ0n) is 27.0. The van der Waals surface area contributed by atoms with Crippen molar-refractivity contribution in [2.75, 3.05) is 4.90 Å². The summed E-state index contributed by atoms with van der Waals surface area (Å²) >= 11 is 0. The Labute approximate surface area is 288 Å². The average Bonchev–Trinajstić information content (AvgIpc) is 3.18. The van der Waals surface area contributed by atoms with Gasteiger partial charge in [0.25, 0.3) is 0 Å². The lowest BCUT2D eigenvalue weighted by molar-refractivity contribution is 1.16. The summed E-state index contributed by atoms with van der Waals surface area (Å²) in [4.78, 5) is 2.50. The van der Waals surface area contributed by atoms with Crippen LogP contribution in [0.2, 0.25) is 0 Å². The van der Waals surface area contributed by atoms with Crippen LogP contribution < -0.4 is 4.90 Å². The Bertz CT molecular complexity index is 3000. The lowest BCUT2D eigenvalue weighted by atomic mass is 9.93. The molecule has 0 atom stereocenters. The maximum atomic E-state index is 2.58. The predicted molar refractivity (Wildman–Crippen MR) is 214 cm³/mol. The summed E-state index contributed by atoms with van der Waals surface area (Å²) < 4.78 is 5.15. The highest BCUT2D eigenvalue weighted by Crippen LogP contribution is 2.63. The highest BCUT2D eigenvalue weighted by molar-refractivity contribution is 7.63. The van der Waals surface area contributed by atoms with E-state index in [9.17, 15) is 0 Å². The number of benzene rings is 9. The normalized spacial score (nSPS) is 12.8. The average molecular weight is 654 g/mol. The Morgan fingerprint density at radius 2 is 0.800 bits per heavy atom. The van der Waals surface area contributed by atoms with Gasteiger partial charge in [-0.15, -0.1) is 0 Å². The number of aromatic nitrogens is 2. The zero-order chi connectivity index (χ0) is 32.5. The molecule has 232 valence electrons. The van der Waals surface area contributed by atoms with Crippen LogP contribution >= 0.6 is 7.34 Å². The number of anilines is 3. The predicted octanol–water partition coefficient (Wildman–Crippen LogP) is 13.4. The number of rotatable bonds is 3. The molecule has 0 aliphatic carbocycles. The van der Waals surface area contributed by atoms with Gasteiger partial charge in [-0.25, -0.2) is 0 Å². The molecule has 50 heavy (non-hydrogen) atoms. The maximum absolute atomic E-state index is 2.58. The third kappa shape index (κ3) is 3.26. The first-order valence-electron chi connectivity index (χ1n) is 17.2. The quantitative estimate of drug-likeness (QED) is 0.137. The first-order chi connectivity index (χ1) is 24.9. The summed E-state index contributed by atoms with van der Waals surface area (Å²) in [5.41, 5.74) is 11.2. The molecule has 0 saturated heterocycles. The molecular weight excluding hydrogens is 626 g/mol. The molecular formula is C46H28N3P. The molecule has 0 saturated carbocycles. The number of hydrogen-bond donors (Lipinski definition) is 0. The van der Waals surface area contributed by atoms with Gasteiger partial charge in [-0.05, 0) is 76.8 Å². The van der Waals surface area contributed by atoms with Gasteiger partial charge in [-0.2, -0.15) is 0 Å². The van der Waals surface area contributed by atoms with Gasteiger partial charge in [0.15, 0.2) is 0 Å². The van der Waals surface area contributed by atoms with Crippen LogP contribution in [0.5, 0.6) is 0 Å². The fraction of sp³-hybridized carbons (Fsp3) is 0. The molecule has 0 bridgehead atoms. The summed E-state index contributed by atoms with van der Waals surface area (Å²) in [7, 11) is -0.931. The van der Waals surface area contributed by atoms with Crippen LogP contribution in [0.25, 0.3) is 81.1 Å². The Balaban J connectivity index is 1.48. The van der Waals surface area contributed by atoms with E-state index in [2.05, 4.69) is 184 Å². The summed E-state index contributed by atoms with van der Waals surface area (Å²) in [5.74, 6) is 0. The van der Waals surface area contributed by atoms with Crippen LogP contribution in [0.15, 0.2) is 170 Å². The molecule has 4 heteroatoms. The van der Waals surface area contributed by atoms with Crippen molar-refractivity contribution in [2.24, 2.45) is 0 Å². The molecule has 11 aromatic rings. The number of para-hydroxylation sites is 3. The molecule has 1 aliphatic rings. The second-order valence-electron chi connectivity index (χ2n) is 13.4. The van der Waals surface area contributed by atoms with Crippen LogP contribution in [0, 0.1) is 0 Å². The van der Waals surface area contributed by atoms with Crippen molar-refractivity contribution in [1.82, 2.24) is 9.13 Å². The van der Waals surface area contributed by atoms with Crippen molar-refractivity contribution < 1.29 is 0 Å².